The van der Waals surface area contributed by atoms with Crippen molar-refractivity contribution in [2.45, 2.75) is 386 Å². The number of hydrogen-bond donors (Lipinski definition) is 4. The van der Waals surface area contributed by atoms with E-state index in [9.17, 15) is 43.5 Å². The molecule has 0 amide bonds. The Morgan fingerprint density at radius 3 is 0.771 bits per heavy atom. The first-order valence-electron chi connectivity index (χ1n) is 43.5. The van der Waals surface area contributed by atoms with Crippen LogP contribution in [0.15, 0.2) is 134 Å². The maximum atomic E-state index is 12.9. The minimum absolute atomic E-state index is 0.104. The van der Waals surface area contributed by atoms with Gasteiger partial charge in [-0.3, -0.25) is 32.5 Å². The molecule has 0 aromatic heterocycles. The van der Waals surface area contributed by atoms with E-state index in [0.29, 0.717) is 19.3 Å². The van der Waals surface area contributed by atoms with Crippen LogP contribution in [0.1, 0.15) is 367 Å². The first kappa shape index (κ1) is 105. The van der Waals surface area contributed by atoms with Gasteiger partial charge < -0.3 is 34.2 Å². The molecule has 0 aliphatic rings. The largest absolute Gasteiger partial charge is 0.472 e. The molecule has 0 aromatic carbocycles. The van der Waals surface area contributed by atoms with Crippen LogP contribution in [-0.4, -0.2) is 95.9 Å². The van der Waals surface area contributed by atoms with Crippen LogP contribution in [0.3, 0.4) is 0 Å². The molecule has 0 fully saturated rings. The van der Waals surface area contributed by atoms with Crippen molar-refractivity contribution in [3.63, 3.8) is 0 Å². The predicted octanol–water partition coefficient (Wildman–Crippen LogP) is 26.2. The van der Waals surface area contributed by atoms with Crippen molar-refractivity contribution in [2.24, 2.45) is 0 Å². The van der Waals surface area contributed by atoms with Gasteiger partial charge in [-0.2, -0.15) is 0 Å². The number of esters is 3. The van der Waals surface area contributed by atoms with Gasteiger partial charge in [-0.1, -0.05) is 366 Å². The van der Waals surface area contributed by atoms with Gasteiger partial charge in [0.15, 0.2) is 6.10 Å². The molecule has 109 heavy (non-hydrogen) atoms. The number of carbonyl (C=O) groups is 3. The maximum absolute atomic E-state index is 12.9. The van der Waals surface area contributed by atoms with Crippen molar-refractivity contribution in [1.82, 2.24) is 0 Å². The number of unbranched alkanes of at least 4 members (excludes halogenated alkanes) is 37. The molecule has 0 spiro atoms. The van der Waals surface area contributed by atoms with E-state index in [4.69, 9.17) is 32.3 Å². The lowest BCUT2D eigenvalue weighted by Crippen LogP contribution is -2.30. The fraction of sp³-hybridized carbons (Fsp3) is 0.725. The lowest BCUT2D eigenvalue weighted by Gasteiger charge is -2.21. The predicted molar refractivity (Wildman–Crippen MR) is 454 cm³/mol. The molecule has 5 atom stereocenters. The average molecular weight is 1570 g/mol. The van der Waals surface area contributed by atoms with Gasteiger partial charge in [-0.15, -0.1) is 0 Å². The summed E-state index contributed by atoms with van der Waals surface area (Å²) in [6, 6.07) is 0. The number of ether oxygens (including phenoxy) is 3. The normalized spacial score (nSPS) is 14.5. The van der Waals surface area contributed by atoms with Crippen molar-refractivity contribution in [3.05, 3.63) is 134 Å². The molecule has 0 saturated heterocycles. The minimum atomic E-state index is -4.93. The van der Waals surface area contributed by atoms with Gasteiger partial charge in [0.05, 0.1) is 26.4 Å². The van der Waals surface area contributed by atoms with Crippen LogP contribution in [-0.2, 0) is 55.8 Å². The molecule has 4 N–H and O–H groups in total. The third-order valence-corrected chi connectivity index (χ3v) is 20.3. The van der Waals surface area contributed by atoms with Crippen molar-refractivity contribution in [2.75, 3.05) is 39.6 Å². The highest BCUT2D eigenvalue weighted by Gasteiger charge is 2.29. The van der Waals surface area contributed by atoms with Gasteiger partial charge in [-0.05, 0) is 116 Å². The van der Waals surface area contributed by atoms with Crippen LogP contribution in [0.5, 0.6) is 0 Å². The fourth-order valence-electron chi connectivity index (χ4n) is 11.8. The number of aliphatic hydroxyl groups is 2. The van der Waals surface area contributed by atoms with Crippen LogP contribution in [0, 0.1) is 0 Å². The summed E-state index contributed by atoms with van der Waals surface area (Å²) in [7, 11) is -9.79. The average Bonchev–Trinajstić information content (AvgIpc) is 0.901. The van der Waals surface area contributed by atoms with Crippen molar-refractivity contribution in [3.8, 4) is 0 Å². The minimum Gasteiger partial charge on any atom is -0.463 e. The molecule has 0 rings (SSSR count). The molecule has 5 unspecified atom stereocenters. The molecule has 0 radical (unpaired) electrons. The maximum Gasteiger partial charge on any atom is 0.472 e. The van der Waals surface area contributed by atoms with Gasteiger partial charge >= 0.3 is 33.6 Å². The van der Waals surface area contributed by atoms with Gasteiger partial charge in [0.25, 0.3) is 0 Å². The number of phosphoric acid groups is 2. The van der Waals surface area contributed by atoms with E-state index in [1.807, 2.05) is 0 Å². The van der Waals surface area contributed by atoms with Crippen LogP contribution in [0.4, 0.5) is 0 Å². The van der Waals surface area contributed by atoms with Gasteiger partial charge in [0.1, 0.15) is 25.4 Å². The molecule has 0 aliphatic heterocycles. The third kappa shape index (κ3) is 84.4. The first-order chi connectivity index (χ1) is 53.2. The summed E-state index contributed by atoms with van der Waals surface area (Å²) in [4.78, 5) is 58.7. The van der Waals surface area contributed by atoms with Gasteiger partial charge in [0, 0.05) is 19.3 Å². The Morgan fingerprint density at radius 1 is 0.266 bits per heavy atom. The topological polar surface area (TPSA) is 231 Å². The number of hydrogen-bond acceptors (Lipinski definition) is 14. The highest BCUT2D eigenvalue weighted by atomic mass is 31.2. The number of phosphoric ester groups is 2. The number of carbonyl (C=O) groups excluding carboxylic acids is 3. The number of allylic oxidation sites excluding steroid dienone is 22. The Hall–Kier alpha value is -4.31. The summed E-state index contributed by atoms with van der Waals surface area (Å²) >= 11 is 0. The quantitative estimate of drug-likeness (QED) is 0.0146. The highest BCUT2D eigenvalue weighted by Crippen LogP contribution is 2.45. The molecule has 16 nitrogen and oxygen atoms in total. The van der Waals surface area contributed by atoms with Crippen LogP contribution >= 0.6 is 15.6 Å². The zero-order valence-corrected chi connectivity index (χ0v) is 70.7. The molecule has 0 aliphatic carbocycles. The fourth-order valence-corrected chi connectivity index (χ4v) is 13.4. The molecular weight excluding hydrogens is 1410 g/mol. The Morgan fingerprint density at radius 2 is 0.486 bits per heavy atom. The molecule has 0 aromatic rings. The lowest BCUT2D eigenvalue weighted by atomic mass is 10.0. The van der Waals surface area contributed by atoms with E-state index in [1.165, 1.54) is 161 Å². The van der Waals surface area contributed by atoms with E-state index in [1.54, 1.807) is 0 Å². The second kappa shape index (κ2) is 83.1. The molecule has 18 heteroatoms. The van der Waals surface area contributed by atoms with Crippen LogP contribution < -0.4 is 0 Å². The summed E-state index contributed by atoms with van der Waals surface area (Å²) < 4.78 is 61.2. The Labute approximate surface area is 665 Å². The standard InChI is InChI=1S/C91H158O16P2/c1-4-7-10-13-16-19-22-24-26-28-30-32-34-36-38-39-40-41-42-43-44-45-47-49-50-52-54-56-58-60-63-65-68-71-74-77-89(94)101-80-86(92)81-103-108(97,98)104-82-87(93)83-105-109(99,100)106-85-88(107-91(96)79-76-73-70-67-62-21-18-15-12-9-6-3)84-102-90(95)78-75-72-69-66-64-61-59-57-55-53-51-48-46-37-35-33-31-29-27-25-23-20-17-14-11-8-5-2/h7-8,10-11,16-17,19-20,24-27,30-33,36-38,46,51,53,86-88,92-93H,4-6,9,12-15,18,21-23,28-29,34-35,39-45,47-50,52,54-85H2,1-3H3,(H,97,98)(H,99,100)/b10-7-,11-8-,19-16-,20-17-,26-24-,27-25-,32-30-,33-31-,38-36-,46-37-,53-51-. The molecular formula is C91H158O16P2. The Bertz CT molecular complexity index is 2510. The monoisotopic (exact) mass is 1570 g/mol. The van der Waals surface area contributed by atoms with Crippen molar-refractivity contribution >= 4 is 33.6 Å². The van der Waals surface area contributed by atoms with Crippen LogP contribution in [0.2, 0.25) is 0 Å². The smallest absolute Gasteiger partial charge is 0.463 e. The molecule has 0 heterocycles. The second-order valence-corrected chi connectivity index (χ2v) is 31.8. The third-order valence-electron chi connectivity index (χ3n) is 18.4. The van der Waals surface area contributed by atoms with Gasteiger partial charge in [0.2, 0.25) is 0 Å². The summed E-state index contributed by atoms with van der Waals surface area (Å²) in [5.74, 6) is -1.57. The summed E-state index contributed by atoms with van der Waals surface area (Å²) in [6.45, 7) is 2.47. The number of aliphatic hydroxyl groups excluding tert-OH is 2. The zero-order valence-electron chi connectivity index (χ0n) is 68.9. The summed E-state index contributed by atoms with van der Waals surface area (Å²) in [5, 5.41) is 20.7. The van der Waals surface area contributed by atoms with Gasteiger partial charge in [-0.25, -0.2) is 9.13 Å². The lowest BCUT2D eigenvalue weighted by molar-refractivity contribution is -0.161. The molecule has 628 valence electrons. The molecule has 0 bridgehead atoms. The van der Waals surface area contributed by atoms with E-state index in [2.05, 4.69) is 154 Å². The van der Waals surface area contributed by atoms with Crippen LogP contribution in [0.25, 0.3) is 0 Å². The van der Waals surface area contributed by atoms with E-state index in [-0.39, 0.29) is 19.3 Å². The van der Waals surface area contributed by atoms with Crippen molar-refractivity contribution in [1.29, 1.82) is 0 Å². The summed E-state index contributed by atoms with van der Waals surface area (Å²) in [5.41, 5.74) is 0. The summed E-state index contributed by atoms with van der Waals surface area (Å²) in [6.07, 6.45) is 102. The molecule has 0 saturated carbocycles. The Balaban J connectivity index is 4.34. The highest BCUT2D eigenvalue weighted by molar-refractivity contribution is 7.47. The van der Waals surface area contributed by atoms with E-state index < -0.39 is 91.5 Å². The zero-order chi connectivity index (χ0) is 79.4. The van der Waals surface area contributed by atoms with Crippen molar-refractivity contribution < 1.29 is 75.8 Å². The Kier molecular flexibility index (Phi) is 79.8. The number of rotatable bonds is 82. The van der Waals surface area contributed by atoms with E-state index >= 15 is 0 Å². The second-order valence-electron chi connectivity index (χ2n) is 28.9. The van der Waals surface area contributed by atoms with E-state index in [0.717, 1.165) is 148 Å². The SMILES string of the molecule is CC/C=C\C/C=C\C/C=C\C/C=C\C/C=C\C/C=C\CCCCCCCCCCC(=O)OCC(COP(=O)(O)OCC(O)COP(=O)(O)OCC(O)COC(=O)CCCCCCCCCCCCCCCCCCCCC/C=C\C/C=C\C/C=C\C/C=C\C/C=C\CC)OC(=O)CCCCCCCCCCCCC. The first-order valence-corrected chi connectivity index (χ1v) is 46.5.